The molecule has 0 aliphatic heterocycles. The van der Waals surface area contributed by atoms with E-state index in [1.807, 2.05) is 49.4 Å². The SMILES string of the molecule is COc1ccc(C=Cc2cc(OC)cc(OC)c2-c2oc3ccc(C)cc3c(=O)c2O)cc1. The van der Waals surface area contributed by atoms with Crippen LogP contribution in [0.15, 0.2) is 63.8 Å². The van der Waals surface area contributed by atoms with E-state index in [1.165, 1.54) is 7.11 Å². The highest BCUT2D eigenvalue weighted by Gasteiger charge is 2.22. The molecule has 0 aliphatic carbocycles. The van der Waals surface area contributed by atoms with Crippen LogP contribution in [-0.2, 0) is 0 Å². The standard InChI is InChI=1S/C27H24O6/c1-16-5-12-22-21(13-16)25(28)26(29)27(33-22)24-18(14-20(31-3)15-23(24)32-4)9-6-17-7-10-19(30-2)11-8-17/h5-15,29H,1-4H3. The van der Waals surface area contributed by atoms with Gasteiger partial charge in [0.25, 0.3) is 0 Å². The molecule has 0 amide bonds. The van der Waals surface area contributed by atoms with Gasteiger partial charge in [-0.25, -0.2) is 0 Å². The number of fused-ring (bicyclic) bond motifs is 1. The monoisotopic (exact) mass is 444 g/mol. The molecular weight excluding hydrogens is 420 g/mol. The molecule has 0 bridgehead atoms. The number of benzene rings is 3. The van der Waals surface area contributed by atoms with Crippen molar-refractivity contribution >= 4 is 23.1 Å². The summed E-state index contributed by atoms with van der Waals surface area (Å²) in [7, 11) is 4.68. The lowest BCUT2D eigenvalue weighted by atomic mass is 10.00. The highest BCUT2D eigenvalue weighted by molar-refractivity contribution is 5.89. The maximum absolute atomic E-state index is 12.9. The molecule has 0 unspecified atom stereocenters. The minimum absolute atomic E-state index is 0.0326. The molecule has 0 atom stereocenters. The third-order valence-electron chi connectivity index (χ3n) is 5.38. The van der Waals surface area contributed by atoms with Gasteiger partial charge in [-0.1, -0.05) is 35.9 Å². The molecule has 0 saturated heterocycles. The Morgan fingerprint density at radius 3 is 2.24 bits per heavy atom. The van der Waals surface area contributed by atoms with E-state index in [4.69, 9.17) is 18.6 Å². The quantitative estimate of drug-likeness (QED) is 0.386. The summed E-state index contributed by atoms with van der Waals surface area (Å²) in [5, 5.41) is 11.1. The zero-order valence-corrected chi connectivity index (χ0v) is 18.8. The van der Waals surface area contributed by atoms with Crippen molar-refractivity contribution in [2.24, 2.45) is 0 Å². The molecule has 6 heteroatoms. The summed E-state index contributed by atoms with van der Waals surface area (Å²) in [6.45, 7) is 1.87. The molecule has 0 spiro atoms. The number of aryl methyl sites for hydroxylation is 1. The average Bonchev–Trinajstić information content (AvgIpc) is 2.85. The number of hydrogen-bond donors (Lipinski definition) is 1. The third-order valence-corrected chi connectivity index (χ3v) is 5.38. The lowest BCUT2D eigenvalue weighted by molar-refractivity contribution is 0.393. The van der Waals surface area contributed by atoms with Crippen LogP contribution in [0.5, 0.6) is 23.0 Å². The van der Waals surface area contributed by atoms with Crippen LogP contribution in [-0.4, -0.2) is 26.4 Å². The first-order valence-electron chi connectivity index (χ1n) is 10.3. The molecule has 4 aromatic rings. The van der Waals surface area contributed by atoms with E-state index in [2.05, 4.69) is 0 Å². The summed E-state index contributed by atoms with van der Waals surface area (Å²) in [4.78, 5) is 12.9. The van der Waals surface area contributed by atoms with E-state index >= 15 is 0 Å². The van der Waals surface area contributed by atoms with Gasteiger partial charge < -0.3 is 23.7 Å². The topological polar surface area (TPSA) is 78.1 Å². The fourth-order valence-corrected chi connectivity index (χ4v) is 3.63. The van der Waals surface area contributed by atoms with Crippen molar-refractivity contribution in [3.63, 3.8) is 0 Å². The van der Waals surface area contributed by atoms with Crippen LogP contribution < -0.4 is 19.6 Å². The van der Waals surface area contributed by atoms with Crippen LogP contribution in [0, 0.1) is 6.92 Å². The summed E-state index contributed by atoms with van der Waals surface area (Å²) in [5.41, 5.74) is 2.79. The predicted octanol–water partition coefficient (Wildman–Crippen LogP) is 5.67. The molecule has 6 nitrogen and oxygen atoms in total. The maximum Gasteiger partial charge on any atom is 0.235 e. The minimum Gasteiger partial charge on any atom is -0.502 e. The van der Waals surface area contributed by atoms with Gasteiger partial charge in [0.1, 0.15) is 22.8 Å². The van der Waals surface area contributed by atoms with E-state index in [0.29, 0.717) is 33.6 Å². The van der Waals surface area contributed by atoms with E-state index in [-0.39, 0.29) is 5.76 Å². The summed E-state index contributed by atoms with van der Waals surface area (Å²) in [5.74, 6) is 1.27. The van der Waals surface area contributed by atoms with Gasteiger partial charge in [0.15, 0.2) is 5.76 Å². The molecule has 168 valence electrons. The predicted molar refractivity (Wildman–Crippen MR) is 129 cm³/mol. The van der Waals surface area contributed by atoms with Gasteiger partial charge >= 0.3 is 0 Å². The highest BCUT2D eigenvalue weighted by atomic mass is 16.5. The summed E-state index contributed by atoms with van der Waals surface area (Å²) < 4.78 is 22.3. The second kappa shape index (κ2) is 9.12. The zero-order chi connectivity index (χ0) is 23.5. The van der Waals surface area contributed by atoms with E-state index in [0.717, 1.165) is 16.9 Å². The summed E-state index contributed by atoms with van der Waals surface area (Å²) >= 11 is 0. The molecule has 1 aromatic heterocycles. The lowest BCUT2D eigenvalue weighted by Gasteiger charge is -2.15. The Hall–Kier alpha value is -4.19. The normalized spacial score (nSPS) is 11.2. The van der Waals surface area contributed by atoms with Crippen LogP contribution in [0.4, 0.5) is 0 Å². The van der Waals surface area contributed by atoms with Crippen molar-refractivity contribution in [3.05, 3.63) is 81.5 Å². The number of ether oxygens (including phenoxy) is 3. The summed E-state index contributed by atoms with van der Waals surface area (Å²) in [6, 6.07) is 16.3. The van der Waals surface area contributed by atoms with Gasteiger partial charge in [-0.3, -0.25) is 4.79 Å². The van der Waals surface area contributed by atoms with Crippen molar-refractivity contribution in [2.45, 2.75) is 6.92 Å². The van der Waals surface area contributed by atoms with Crippen LogP contribution >= 0.6 is 0 Å². The first-order valence-corrected chi connectivity index (χ1v) is 10.3. The van der Waals surface area contributed by atoms with Gasteiger partial charge in [0.05, 0.1) is 32.3 Å². The van der Waals surface area contributed by atoms with Crippen LogP contribution in [0.2, 0.25) is 0 Å². The van der Waals surface area contributed by atoms with Crippen LogP contribution in [0.3, 0.4) is 0 Å². The van der Waals surface area contributed by atoms with Gasteiger partial charge in [-0.05, 0) is 48.4 Å². The van der Waals surface area contributed by atoms with Crippen molar-refractivity contribution in [1.82, 2.24) is 0 Å². The Bertz CT molecular complexity index is 1400. The van der Waals surface area contributed by atoms with E-state index in [1.54, 1.807) is 38.5 Å². The van der Waals surface area contributed by atoms with Gasteiger partial charge in [0.2, 0.25) is 11.2 Å². The van der Waals surface area contributed by atoms with Crippen molar-refractivity contribution < 1.29 is 23.7 Å². The van der Waals surface area contributed by atoms with Gasteiger partial charge in [0, 0.05) is 6.07 Å². The lowest BCUT2D eigenvalue weighted by Crippen LogP contribution is -2.04. The summed E-state index contributed by atoms with van der Waals surface area (Å²) in [6.07, 6.45) is 3.75. The highest BCUT2D eigenvalue weighted by Crippen LogP contribution is 2.42. The molecule has 4 rings (SSSR count). The second-order valence-corrected chi connectivity index (χ2v) is 7.51. The average molecular weight is 444 g/mol. The molecule has 3 aromatic carbocycles. The second-order valence-electron chi connectivity index (χ2n) is 7.51. The van der Waals surface area contributed by atoms with Crippen molar-refractivity contribution in [2.75, 3.05) is 21.3 Å². The zero-order valence-electron chi connectivity index (χ0n) is 18.8. The fourth-order valence-electron chi connectivity index (χ4n) is 3.63. The Morgan fingerprint density at radius 2 is 1.58 bits per heavy atom. The smallest absolute Gasteiger partial charge is 0.235 e. The third kappa shape index (κ3) is 4.28. The maximum atomic E-state index is 12.9. The number of methoxy groups -OCH3 is 3. The Morgan fingerprint density at radius 1 is 0.848 bits per heavy atom. The largest absolute Gasteiger partial charge is 0.502 e. The van der Waals surface area contributed by atoms with Gasteiger partial charge in [-0.2, -0.15) is 0 Å². The fraction of sp³-hybridized carbons (Fsp3) is 0.148. The first-order chi connectivity index (χ1) is 15.9. The van der Waals surface area contributed by atoms with E-state index in [9.17, 15) is 9.90 Å². The molecule has 0 aliphatic rings. The first kappa shape index (κ1) is 22.0. The Kier molecular flexibility index (Phi) is 6.09. The molecule has 0 saturated carbocycles. The number of rotatable bonds is 6. The van der Waals surface area contributed by atoms with Crippen molar-refractivity contribution in [3.8, 4) is 34.3 Å². The molecule has 1 heterocycles. The minimum atomic E-state index is -0.502. The molecule has 33 heavy (non-hydrogen) atoms. The number of hydrogen-bond acceptors (Lipinski definition) is 6. The van der Waals surface area contributed by atoms with E-state index < -0.39 is 11.2 Å². The molecule has 1 N–H and O–H groups in total. The Labute approximate surface area is 191 Å². The van der Waals surface area contributed by atoms with Gasteiger partial charge in [-0.15, -0.1) is 0 Å². The Balaban J connectivity index is 1.94. The number of aromatic hydroxyl groups is 1. The molecule has 0 fully saturated rings. The van der Waals surface area contributed by atoms with Crippen molar-refractivity contribution in [1.29, 1.82) is 0 Å². The molecular formula is C27H24O6. The van der Waals surface area contributed by atoms with Crippen LogP contribution in [0.25, 0.3) is 34.4 Å². The van der Waals surface area contributed by atoms with Crippen LogP contribution in [0.1, 0.15) is 16.7 Å². The molecule has 0 radical (unpaired) electrons.